The van der Waals surface area contributed by atoms with Crippen molar-refractivity contribution in [2.45, 2.75) is 75.5 Å². The highest BCUT2D eigenvalue weighted by Gasteiger charge is 2.30. The molecule has 0 fully saturated rings. The van der Waals surface area contributed by atoms with Crippen molar-refractivity contribution in [3.8, 4) is 0 Å². The fourth-order valence-electron chi connectivity index (χ4n) is 3.86. The van der Waals surface area contributed by atoms with E-state index in [9.17, 15) is 29.1 Å². The molecular weight excluding hydrogens is 534 g/mol. The fourth-order valence-corrected chi connectivity index (χ4v) is 3.86. The Kier molecular flexibility index (Phi) is 16.1. The Morgan fingerprint density at radius 3 is 1.88 bits per heavy atom. The summed E-state index contributed by atoms with van der Waals surface area (Å²) >= 11 is 0. The van der Waals surface area contributed by atoms with Crippen molar-refractivity contribution in [1.29, 1.82) is 0 Å². The number of rotatable bonds is 20. The van der Waals surface area contributed by atoms with E-state index in [-0.39, 0.29) is 44.6 Å². The lowest BCUT2D eigenvalue weighted by molar-refractivity contribution is -0.142. The number of unbranched alkanes of at least 4 members (excludes halogenated alkanes) is 1. The molecule has 0 bridgehead atoms. The van der Waals surface area contributed by atoms with Gasteiger partial charge in [0, 0.05) is 13.0 Å². The lowest BCUT2D eigenvalue weighted by Crippen LogP contribution is -2.57. The van der Waals surface area contributed by atoms with Crippen LogP contribution in [0.3, 0.4) is 0 Å². The van der Waals surface area contributed by atoms with Gasteiger partial charge < -0.3 is 49.7 Å². The number of primary amides is 1. The molecule has 4 atom stereocenters. The summed E-state index contributed by atoms with van der Waals surface area (Å²) in [6.07, 6.45) is 1.37. The zero-order chi connectivity index (χ0) is 30.8. The van der Waals surface area contributed by atoms with Gasteiger partial charge in [0.1, 0.15) is 18.1 Å². The Hall–Kier alpha value is -4.24. The van der Waals surface area contributed by atoms with Gasteiger partial charge in [0.2, 0.25) is 23.6 Å². The summed E-state index contributed by atoms with van der Waals surface area (Å²) in [4.78, 5) is 65.9. The molecule has 4 unspecified atom stereocenters. The quantitative estimate of drug-likeness (QED) is 0.0447. The fraction of sp³-hybridized carbons (Fsp3) is 0.538. The summed E-state index contributed by atoms with van der Waals surface area (Å²) in [6, 6.07) is 4.55. The number of amides is 4. The smallest absolute Gasteiger partial charge is 0.326 e. The second kappa shape index (κ2) is 18.9. The molecular formula is C26H43N9O6. The monoisotopic (exact) mass is 577 g/mol. The Balaban J connectivity index is 3.04. The van der Waals surface area contributed by atoms with E-state index in [1.165, 1.54) is 0 Å². The number of carboxylic acid groups (broad SMARTS) is 1. The predicted molar refractivity (Wildman–Crippen MR) is 153 cm³/mol. The minimum Gasteiger partial charge on any atom is -0.480 e. The number of carbonyl (C=O) groups is 5. The largest absolute Gasteiger partial charge is 0.480 e. The van der Waals surface area contributed by atoms with Crippen LogP contribution in [0.1, 0.15) is 50.5 Å². The Labute approximate surface area is 239 Å². The third kappa shape index (κ3) is 14.6. The number of nitrogens with zero attached hydrogens (tertiary/aromatic N) is 1. The van der Waals surface area contributed by atoms with Crippen molar-refractivity contribution < 1.29 is 29.1 Å². The minimum atomic E-state index is -1.39. The highest BCUT2D eigenvalue weighted by molar-refractivity contribution is 5.94. The van der Waals surface area contributed by atoms with Crippen molar-refractivity contribution in [3.63, 3.8) is 0 Å². The average molecular weight is 578 g/mol. The molecule has 0 aromatic heterocycles. The van der Waals surface area contributed by atoms with E-state index in [0.717, 1.165) is 5.56 Å². The average Bonchev–Trinajstić information content (AvgIpc) is 2.91. The molecule has 0 aliphatic rings. The van der Waals surface area contributed by atoms with Gasteiger partial charge in [0.05, 0.1) is 6.04 Å². The highest BCUT2D eigenvalue weighted by Crippen LogP contribution is 2.08. The zero-order valence-corrected chi connectivity index (χ0v) is 23.1. The molecule has 0 saturated carbocycles. The van der Waals surface area contributed by atoms with Gasteiger partial charge >= 0.3 is 5.97 Å². The van der Waals surface area contributed by atoms with Crippen molar-refractivity contribution >= 4 is 35.6 Å². The molecule has 41 heavy (non-hydrogen) atoms. The molecule has 15 heteroatoms. The van der Waals surface area contributed by atoms with E-state index in [2.05, 4.69) is 20.9 Å². The number of nitrogens with one attached hydrogen (secondary N) is 3. The summed E-state index contributed by atoms with van der Waals surface area (Å²) in [5, 5.41) is 17.1. The van der Waals surface area contributed by atoms with Crippen LogP contribution in [0.25, 0.3) is 0 Å². The van der Waals surface area contributed by atoms with Crippen LogP contribution in [0.4, 0.5) is 0 Å². The van der Waals surface area contributed by atoms with Crippen LogP contribution in [-0.2, 0) is 30.4 Å². The van der Waals surface area contributed by atoms with E-state index < -0.39 is 53.8 Å². The van der Waals surface area contributed by atoms with Crippen LogP contribution in [0.2, 0.25) is 0 Å². The Bertz CT molecular complexity index is 1030. The third-order valence-electron chi connectivity index (χ3n) is 6.09. The molecule has 0 spiro atoms. The summed E-state index contributed by atoms with van der Waals surface area (Å²) in [5.74, 6) is -4.21. The molecule has 0 aliphatic heterocycles. The molecule has 1 rings (SSSR count). The Morgan fingerprint density at radius 2 is 1.34 bits per heavy atom. The maximum Gasteiger partial charge on any atom is 0.326 e. The lowest BCUT2D eigenvalue weighted by atomic mass is 10.0. The molecule has 0 saturated heterocycles. The van der Waals surface area contributed by atoms with Gasteiger partial charge in [-0.3, -0.25) is 24.2 Å². The van der Waals surface area contributed by atoms with Crippen LogP contribution in [0.15, 0.2) is 35.3 Å². The van der Waals surface area contributed by atoms with Crippen molar-refractivity contribution in [3.05, 3.63) is 35.9 Å². The van der Waals surface area contributed by atoms with Gasteiger partial charge in [-0.2, -0.15) is 0 Å². The molecule has 1 aromatic carbocycles. The summed E-state index contributed by atoms with van der Waals surface area (Å²) in [5.41, 5.74) is 28.3. The number of carbonyl (C=O) groups excluding carboxylic acids is 4. The van der Waals surface area contributed by atoms with Crippen LogP contribution < -0.4 is 44.6 Å². The van der Waals surface area contributed by atoms with Crippen LogP contribution in [0, 0.1) is 0 Å². The molecule has 4 amide bonds. The SMILES string of the molecule is NCCCCC(NC(=O)C(CCCN=C(N)N)NC(=O)C(N)Cc1ccccc1)C(=O)NC(CCC(N)=O)C(=O)O. The van der Waals surface area contributed by atoms with Crippen molar-refractivity contribution in [1.82, 2.24) is 16.0 Å². The predicted octanol–water partition coefficient (Wildman–Crippen LogP) is -2.46. The third-order valence-corrected chi connectivity index (χ3v) is 6.09. The molecule has 228 valence electrons. The first-order valence-electron chi connectivity index (χ1n) is 13.4. The standard InChI is InChI=1S/C26H43N9O6/c27-13-5-4-9-18(24(39)35-20(25(40)41)11-12-21(29)36)34-23(38)19(10-6-14-32-26(30)31)33-22(37)17(28)15-16-7-2-1-3-8-16/h1-3,7-8,17-20H,4-6,9-15,27-28H2,(H2,29,36)(H,33,37)(H,34,38)(H,35,39)(H,40,41)(H4,30,31,32). The zero-order valence-electron chi connectivity index (χ0n) is 23.1. The van der Waals surface area contributed by atoms with E-state index >= 15 is 0 Å². The van der Waals surface area contributed by atoms with Crippen LogP contribution in [0.5, 0.6) is 0 Å². The number of nitrogens with two attached hydrogens (primary N) is 5. The molecule has 14 N–H and O–H groups in total. The molecule has 0 radical (unpaired) electrons. The van der Waals surface area contributed by atoms with E-state index in [4.69, 9.17) is 28.7 Å². The summed E-state index contributed by atoms with van der Waals surface area (Å²) < 4.78 is 0. The van der Waals surface area contributed by atoms with Crippen molar-refractivity contribution in [2.75, 3.05) is 13.1 Å². The van der Waals surface area contributed by atoms with Gasteiger partial charge in [-0.1, -0.05) is 30.3 Å². The number of carboxylic acids is 1. The molecule has 0 aliphatic carbocycles. The second-order valence-corrected chi connectivity index (χ2v) is 9.56. The van der Waals surface area contributed by atoms with E-state index in [1.54, 1.807) is 0 Å². The number of hydrogen-bond donors (Lipinski definition) is 9. The second-order valence-electron chi connectivity index (χ2n) is 9.56. The summed E-state index contributed by atoms with van der Waals surface area (Å²) in [7, 11) is 0. The maximum absolute atomic E-state index is 13.3. The van der Waals surface area contributed by atoms with Crippen LogP contribution in [-0.4, -0.2) is 77.9 Å². The van der Waals surface area contributed by atoms with Gasteiger partial charge in [-0.05, 0) is 57.1 Å². The number of aliphatic imine (C=N–C) groups is 1. The van der Waals surface area contributed by atoms with Crippen molar-refractivity contribution in [2.24, 2.45) is 33.7 Å². The van der Waals surface area contributed by atoms with Crippen LogP contribution >= 0.6 is 0 Å². The Morgan fingerprint density at radius 1 is 0.780 bits per heavy atom. The lowest BCUT2D eigenvalue weighted by Gasteiger charge is -2.25. The molecule has 1 aromatic rings. The normalized spacial score (nSPS) is 13.6. The molecule has 15 nitrogen and oxygen atoms in total. The topological polar surface area (TPSA) is 284 Å². The minimum absolute atomic E-state index is 0.124. The first kappa shape index (κ1) is 34.8. The highest BCUT2D eigenvalue weighted by atomic mass is 16.4. The number of guanidine groups is 1. The first-order chi connectivity index (χ1) is 19.4. The molecule has 0 heterocycles. The van der Waals surface area contributed by atoms with E-state index in [1.807, 2.05) is 30.3 Å². The number of hydrogen-bond acceptors (Lipinski definition) is 8. The first-order valence-corrected chi connectivity index (χ1v) is 13.4. The number of aliphatic carboxylic acids is 1. The summed E-state index contributed by atoms with van der Waals surface area (Å²) in [6.45, 7) is 0.542. The van der Waals surface area contributed by atoms with Gasteiger partial charge in [0.25, 0.3) is 0 Å². The van der Waals surface area contributed by atoms with Gasteiger partial charge in [-0.25, -0.2) is 4.79 Å². The van der Waals surface area contributed by atoms with Gasteiger partial charge in [-0.15, -0.1) is 0 Å². The van der Waals surface area contributed by atoms with E-state index in [0.29, 0.717) is 25.8 Å². The number of benzene rings is 1. The van der Waals surface area contributed by atoms with Gasteiger partial charge in [0.15, 0.2) is 5.96 Å². The maximum atomic E-state index is 13.3.